The van der Waals surface area contributed by atoms with Gasteiger partial charge in [-0.05, 0) is 18.1 Å². The Morgan fingerprint density at radius 2 is 1.39 bits per heavy atom. The van der Waals surface area contributed by atoms with Crippen LogP contribution < -0.4 is 11.4 Å². The molecule has 0 aliphatic rings. The van der Waals surface area contributed by atoms with Crippen molar-refractivity contribution in [2.45, 2.75) is 129 Å². The lowest BCUT2D eigenvalue weighted by Crippen LogP contribution is -2.32. The van der Waals surface area contributed by atoms with Gasteiger partial charge in [0.2, 0.25) is 0 Å². The standard InChI is InChI=1S/C35H60N3O7P/c1-2-3-4-5-6-7-8-9-10-11-12-13-14-15-16-20-25-42-26-27-44-46(41,45-30-32-21-18-17-19-22-32)31-43-33(29-39)28-38-24-23-34(36)37-35(38)40/h17-19,21-24,33,39H,2-16,20,25-31H2,1H3,(H2,36,37,40)/t33?,46-/m0/s1. The highest BCUT2D eigenvalue weighted by Crippen LogP contribution is 2.49. The second kappa shape index (κ2) is 26.0. The van der Waals surface area contributed by atoms with Gasteiger partial charge in [-0.15, -0.1) is 0 Å². The van der Waals surface area contributed by atoms with E-state index < -0.39 is 26.0 Å². The van der Waals surface area contributed by atoms with Crippen molar-refractivity contribution < 1.29 is 28.2 Å². The number of benzene rings is 1. The fraction of sp³-hybridized carbons (Fsp3) is 0.714. The zero-order valence-electron chi connectivity index (χ0n) is 28.2. The maximum Gasteiger partial charge on any atom is 0.356 e. The van der Waals surface area contributed by atoms with Crippen molar-refractivity contribution in [1.82, 2.24) is 9.55 Å². The van der Waals surface area contributed by atoms with Crippen LogP contribution in [0, 0.1) is 0 Å². The first-order valence-corrected chi connectivity index (χ1v) is 19.2. The Kier molecular flexibility index (Phi) is 22.6. The molecule has 262 valence electrons. The molecule has 10 nitrogen and oxygen atoms in total. The van der Waals surface area contributed by atoms with Crippen molar-refractivity contribution in [3.05, 3.63) is 58.6 Å². The molecule has 0 bridgehead atoms. The van der Waals surface area contributed by atoms with E-state index >= 15 is 0 Å². The summed E-state index contributed by atoms with van der Waals surface area (Å²) in [6.45, 7) is 2.94. The second-order valence-corrected chi connectivity index (χ2v) is 14.0. The average molecular weight is 666 g/mol. The quantitative estimate of drug-likeness (QED) is 0.0631. The first-order chi connectivity index (χ1) is 22.5. The monoisotopic (exact) mass is 665 g/mol. The van der Waals surface area contributed by atoms with E-state index in [4.69, 9.17) is 24.3 Å². The number of anilines is 1. The third-order valence-corrected chi connectivity index (χ3v) is 9.46. The molecule has 0 aliphatic carbocycles. The van der Waals surface area contributed by atoms with Crippen LogP contribution in [0.3, 0.4) is 0 Å². The van der Waals surface area contributed by atoms with Crippen LogP contribution in [0.4, 0.5) is 5.82 Å². The Labute approximate surface area is 276 Å². The number of rotatable bonds is 30. The molecule has 0 saturated heterocycles. The molecule has 0 aliphatic heterocycles. The minimum atomic E-state index is -3.71. The third-order valence-electron chi connectivity index (χ3n) is 7.90. The Morgan fingerprint density at radius 1 is 0.804 bits per heavy atom. The van der Waals surface area contributed by atoms with Crippen LogP contribution in [-0.2, 0) is 36.2 Å². The minimum absolute atomic E-state index is 0.00369. The molecule has 0 amide bonds. The molecule has 2 atom stereocenters. The van der Waals surface area contributed by atoms with Gasteiger partial charge in [-0.2, -0.15) is 4.98 Å². The maximum absolute atomic E-state index is 13.6. The Balaban J connectivity index is 1.58. The number of unbranched alkanes of at least 4 members (excludes halogenated alkanes) is 15. The molecular weight excluding hydrogens is 605 g/mol. The molecular formula is C35H60N3O7P. The van der Waals surface area contributed by atoms with E-state index in [1.807, 2.05) is 30.3 Å². The second-order valence-electron chi connectivity index (χ2n) is 12.0. The predicted octanol–water partition coefficient (Wildman–Crippen LogP) is 7.87. The summed E-state index contributed by atoms with van der Waals surface area (Å²) in [5.41, 5.74) is 5.82. The number of ether oxygens (including phenoxy) is 2. The lowest BCUT2D eigenvalue weighted by Gasteiger charge is -2.22. The summed E-state index contributed by atoms with van der Waals surface area (Å²) < 4.78 is 37.6. The molecule has 0 fully saturated rings. The van der Waals surface area contributed by atoms with Gasteiger partial charge in [-0.1, -0.05) is 134 Å². The van der Waals surface area contributed by atoms with E-state index in [-0.39, 0.29) is 38.5 Å². The molecule has 1 aromatic carbocycles. The molecule has 0 saturated carbocycles. The summed E-state index contributed by atoms with van der Waals surface area (Å²) in [6.07, 6.45) is 21.4. The van der Waals surface area contributed by atoms with Gasteiger partial charge in [0.15, 0.2) is 0 Å². The highest BCUT2D eigenvalue weighted by atomic mass is 31.2. The molecule has 3 N–H and O–H groups in total. The highest BCUT2D eigenvalue weighted by molar-refractivity contribution is 7.53. The van der Waals surface area contributed by atoms with Crippen molar-refractivity contribution in [3.8, 4) is 0 Å². The van der Waals surface area contributed by atoms with Gasteiger partial charge >= 0.3 is 13.3 Å². The van der Waals surface area contributed by atoms with Gasteiger partial charge in [-0.25, -0.2) is 4.79 Å². The van der Waals surface area contributed by atoms with Gasteiger partial charge in [0.1, 0.15) is 12.2 Å². The summed E-state index contributed by atoms with van der Waals surface area (Å²) in [5, 5.41) is 9.81. The molecule has 1 heterocycles. The summed E-state index contributed by atoms with van der Waals surface area (Å²) in [5.74, 6) is 0.104. The van der Waals surface area contributed by atoms with Crippen molar-refractivity contribution in [3.63, 3.8) is 0 Å². The molecule has 0 spiro atoms. The maximum atomic E-state index is 13.6. The number of hydrogen-bond acceptors (Lipinski definition) is 9. The number of nitrogens with zero attached hydrogens (tertiary/aromatic N) is 2. The van der Waals surface area contributed by atoms with E-state index in [0.717, 1.165) is 18.4 Å². The fourth-order valence-electron chi connectivity index (χ4n) is 5.11. The largest absolute Gasteiger partial charge is 0.394 e. The number of aromatic nitrogens is 2. The Morgan fingerprint density at radius 3 is 1.96 bits per heavy atom. The average Bonchev–Trinajstić information content (AvgIpc) is 3.06. The van der Waals surface area contributed by atoms with Crippen molar-refractivity contribution >= 4 is 13.4 Å². The molecule has 0 radical (unpaired) electrons. The van der Waals surface area contributed by atoms with E-state index in [9.17, 15) is 14.5 Å². The molecule has 11 heteroatoms. The summed E-state index contributed by atoms with van der Waals surface area (Å²) >= 11 is 0. The summed E-state index contributed by atoms with van der Waals surface area (Å²) in [4.78, 5) is 15.7. The van der Waals surface area contributed by atoms with Gasteiger partial charge in [0, 0.05) is 12.8 Å². The number of hydrogen-bond donors (Lipinski definition) is 2. The lowest BCUT2D eigenvalue weighted by atomic mass is 10.0. The zero-order valence-corrected chi connectivity index (χ0v) is 29.1. The predicted molar refractivity (Wildman–Crippen MR) is 185 cm³/mol. The smallest absolute Gasteiger partial charge is 0.356 e. The number of aliphatic hydroxyl groups is 1. The van der Waals surface area contributed by atoms with Gasteiger partial charge in [0.25, 0.3) is 0 Å². The zero-order chi connectivity index (χ0) is 33.1. The third kappa shape index (κ3) is 19.6. The van der Waals surface area contributed by atoms with Crippen LogP contribution >= 0.6 is 7.60 Å². The van der Waals surface area contributed by atoms with Crippen LogP contribution in [0.1, 0.15) is 115 Å². The number of aliphatic hydroxyl groups excluding tert-OH is 1. The summed E-state index contributed by atoms with van der Waals surface area (Å²) in [6, 6.07) is 10.8. The number of nitrogen functional groups attached to an aromatic ring is 1. The minimum Gasteiger partial charge on any atom is -0.394 e. The van der Waals surface area contributed by atoms with Crippen molar-refractivity contribution in [2.24, 2.45) is 0 Å². The SMILES string of the molecule is CCCCCCCCCCCCCCCCCCOCCO[P@@](=O)(COC(CO)Cn1ccc(N)nc1=O)OCc1ccccc1. The van der Waals surface area contributed by atoms with E-state index in [0.29, 0.717) is 6.61 Å². The molecule has 46 heavy (non-hydrogen) atoms. The highest BCUT2D eigenvalue weighted by Gasteiger charge is 2.27. The van der Waals surface area contributed by atoms with Gasteiger partial charge in [-0.3, -0.25) is 9.13 Å². The van der Waals surface area contributed by atoms with Gasteiger partial charge < -0.3 is 29.4 Å². The van der Waals surface area contributed by atoms with Gasteiger partial charge in [0.05, 0.1) is 39.1 Å². The van der Waals surface area contributed by atoms with Crippen LogP contribution in [-0.4, -0.2) is 53.5 Å². The van der Waals surface area contributed by atoms with Crippen LogP contribution in [0.2, 0.25) is 0 Å². The number of nitrogens with two attached hydrogens (primary N) is 1. The Bertz CT molecular complexity index is 1120. The molecule has 1 aromatic heterocycles. The first kappa shape index (κ1) is 40.1. The van der Waals surface area contributed by atoms with E-state index in [1.54, 1.807) is 0 Å². The van der Waals surface area contributed by atoms with Crippen LogP contribution in [0.15, 0.2) is 47.4 Å². The first-order valence-electron chi connectivity index (χ1n) is 17.5. The molecule has 2 rings (SSSR count). The molecule has 1 unspecified atom stereocenters. The topological polar surface area (TPSA) is 135 Å². The lowest BCUT2D eigenvalue weighted by molar-refractivity contribution is 0.0112. The van der Waals surface area contributed by atoms with Crippen molar-refractivity contribution in [1.29, 1.82) is 0 Å². The van der Waals surface area contributed by atoms with Crippen LogP contribution in [0.5, 0.6) is 0 Å². The Hall–Kier alpha value is -2.07. The normalized spacial score (nSPS) is 13.5. The van der Waals surface area contributed by atoms with Crippen LogP contribution in [0.25, 0.3) is 0 Å². The fourth-order valence-corrected chi connectivity index (χ4v) is 6.42. The molecule has 2 aromatic rings. The summed E-state index contributed by atoms with van der Waals surface area (Å²) in [7, 11) is -3.71. The van der Waals surface area contributed by atoms with E-state index in [2.05, 4.69) is 11.9 Å². The van der Waals surface area contributed by atoms with Crippen molar-refractivity contribution in [2.75, 3.05) is 38.5 Å². The van der Waals surface area contributed by atoms with E-state index in [1.165, 1.54) is 107 Å².